The normalized spacial score (nSPS) is 27.2. The minimum Gasteiger partial charge on any atom is -0.763 e. The number of nitrogens with zero attached hydrogens (tertiary/aromatic N) is 2. The number of nitrogens with one attached hydrogen (secondary N) is 1. The second-order valence-electron chi connectivity index (χ2n) is 4.58. The fourth-order valence-electron chi connectivity index (χ4n) is 2.93. The molecule has 1 spiro atoms. The molecule has 88 valence electrons. The van der Waals surface area contributed by atoms with E-state index in [9.17, 15) is 15.5 Å². The molecule has 0 aromatic rings. The zero-order valence-electron chi connectivity index (χ0n) is 9.32. The third kappa shape index (κ3) is 1.70. The maximum Gasteiger partial charge on any atom is 0.243 e. The fraction of sp³-hybridized carbons (Fsp3) is 0.583. The summed E-state index contributed by atoms with van der Waals surface area (Å²) in [5.41, 5.74) is -0.195. The molecule has 2 rings (SSSR count). The second-order valence-corrected chi connectivity index (χ2v) is 4.99. The summed E-state index contributed by atoms with van der Waals surface area (Å²) in [7, 11) is 0. The van der Waals surface area contributed by atoms with Crippen LogP contribution in [0.5, 0.6) is 0 Å². The van der Waals surface area contributed by atoms with Gasteiger partial charge in [0, 0.05) is 11.0 Å². The smallest absolute Gasteiger partial charge is 0.243 e. The van der Waals surface area contributed by atoms with Gasteiger partial charge in [-0.2, -0.15) is 5.26 Å². The third-order valence-corrected chi connectivity index (χ3v) is 4.07. The highest BCUT2D eigenvalue weighted by molar-refractivity contribution is 7.80. The number of carbonyl (C=O) groups is 1. The van der Waals surface area contributed by atoms with E-state index in [1.54, 1.807) is 0 Å². The molecule has 0 aromatic heterocycles. The highest BCUT2D eigenvalue weighted by Gasteiger charge is 2.50. The molecule has 2 fully saturated rings. The van der Waals surface area contributed by atoms with E-state index in [1.165, 1.54) is 0 Å². The van der Waals surface area contributed by atoms with Crippen molar-refractivity contribution in [1.82, 2.24) is 5.32 Å². The van der Waals surface area contributed by atoms with Crippen molar-refractivity contribution in [3.8, 4) is 6.07 Å². The van der Waals surface area contributed by atoms with Crippen LogP contribution in [-0.2, 0) is 4.79 Å². The predicted molar refractivity (Wildman–Crippen MR) is 67.2 cm³/mol. The standard InChI is InChI=1S/C12H12N3OS/c13-6-8-10(16)15-11(17)9(7-14)12(8)4-2-1-3-5-12/h8H,1-5H2,(H,15,16,17)/q-1/t8-/m1/s1. The molecule has 0 radical (unpaired) electrons. The molecular weight excluding hydrogens is 234 g/mol. The van der Waals surface area contributed by atoms with Crippen LogP contribution in [0.4, 0.5) is 0 Å². The molecule has 0 aromatic carbocycles. The van der Waals surface area contributed by atoms with E-state index in [2.05, 4.69) is 17.3 Å². The van der Waals surface area contributed by atoms with Crippen molar-refractivity contribution in [3.05, 3.63) is 11.0 Å². The van der Waals surface area contributed by atoms with Gasteiger partial charge in [-0.1, -0.05) is 31.5 Å². The van der Waals surface area contributed by atoms with Crippen molar-refractivity contribution in [3.63, 3.8) is 0 Å². The lowest BCUT2D eigenvalue weighted by Gasteiger charge is -2.44. The maximum atomic E-state index is 11.8. The molecule has 1 N–H and O–H groups in total. The first kappa shape index (κ1) is 12.0. The number of nitriles is 1. The molecule has 1 aliphatic heterocycles. The minimum atomic E-state index is -0.774. The lowest BCUT2D eigenvalue weighted by molar-refractivity contribution is -0.126. The molecule has 5 heteroatoms. The molecule has 0 bridgehead atoms. The Kier molecular flexibility index (Phi) is 3.10. The molecule has 0 unspecified atom stereocenters. The summed E-state index contributed by atoms with van der Waals surface area (Å²) in [6, 6.07) is 2.06. The Hall–Kier alpha value is -1.50. The number of carbonyl (C=O) groups excluding carboxylic acids is 1. The average Bonchev–Trinajstić information content (AvgIpc) is 2.30. The molecular formula is C12H12N3OS-. The van der Waals surface area contributed by atoms with Gasteiger partial charge >= 0.3 is 0 Å². The van der Waals surface area contributed by atoms with Crippen LogP contribution in [0.3, 0.4) is 0 Å². The van der Waals surface area contributed by atoms with E-state index in [0.717, 1.165) is 19.3 Å². The number of hydrogen-bond acceptors (Lipinski definition) is 3. The van der Waals surface area contributed by atoms with Gasteiger partial charge in [-0.3, -0.25) is 10.7 Å². The molecule has 17 heavy (non-hydrogen) atoms. The molecule has 1 saturated heterocycles. The van der Waals surface area contributed by atoms with Crippen LogP contribution < -0.4 is 5.32 Å². The number of rotatable bonds is 0. The van der Waals surface area contributed by atoms with Crippen molar-refractivity contribution in [1.29, 1.82) is 5.26 Å². The van der Waals surface area contributed by atoms with E-state index >= 15 is 0 Å². The molecule has 1 amide bonds. The summed E-state index contributed by atoms with van der Waals surface area (Å²) in [6.07, 6.45) is 4.40. The Balaban J connectivity index is 2.53. The van der Waals surface area contributed by atoms with Crippen molar-refractivity contribution in [2.75, 3.05) is 0 Å². The van der Waals surface area contributed by atoms with Gasteiger partial charge in [0.1, 0.15) is 10.9 Å². The first-order valence-electron chi connectivity index (χ1n) is 5.68. The summed E-state index contributed by atoms with van der Waals surface area (Å²) < 4.78 is 0. The van der Waals surface area contributed by atoms with E-state index in [4.69, 9.17) is 12.2 Å². The van der Waals surface area contributed by atoms with Crippen LogP contribution in [0.2, 0.25) is 0 Å². The van der Waals surface area contributed by atoms with Gasteiger partial charge in [0.2, 0.25) is 5.91 Å². The molecule has 4 nitrogen and oxygen atoms in total. The van der Waals surface area contributed by atoms with Crippen LogP contribution in [0.15, 0.2) is 5.57 Å². The first-order chi connectivity index (χ1) is 8.15. The largest absolute Gasteiger partial charge is 0.763 e. The van der Waals surface area contributed by atoms with Gasteiger partial charge in [0.15, 0.2) is 0 Å². The third-order valence-electron chi connectivity index (χ3n) is 3.76. The lowest BCUT2D eigenvalue weighted by atomic mass is 9.60. The van der Waals surface area contributed by atoms with Gasteiger partial charge in [-0.25, -0.2) is 0 Å². The zero-order valence-corrected chi connectivity index (χ0v) is 10.1. The van der Waals surface area contributed by atoms with Gasteiger partial charge in [-0.05, 0) is 12.8 Å². The van der Waals surface area contributed by atoms with Crippen molar-refractivity contribution in [2.45, 2.75) is 32.1 Å². The number of amides is 1. The van der Waals surface area contributed by atoms with Gasteiger partial charge in [0.05, 0.1) is 6.07 Å². The van der Waals surface area contributed by atoms with Crippen molar-refractivity contribution in [2.24, 2.45) is 11.3 Å². The molecule has 1 heterocycles. The van der Waals surface area contributed by atoms with Crippen LogP contribution in [0.25, 0.3) is 5.41 Å². The molecule has 1 aliphatic carbocycles. The predicted octanol–water partition coefficient (Wildman–Crippen LogP) is 1.70. The van der Waals surface area contributed by atoms with Crippen LogP contribution in [0.1, 0.15) is 32.1 Å². The molecule has 2 aliphatic rings. The molecule has 1 atom stereocenters. The maximum absolute atomic E-state index is 11.8. The second kappa shape index (κ2) is 4.40. The van der Waals surface area contributed by atoms with E-state index < -0.39 is 11.3 Å². The quantitative estimate of drug-likeness (QED) is 0.401. The average molecular weight is 246 g/mol. The van der Waals surface area contributed by atoms with Gasteiger partial charge in [0.25, 0.3) is 0 Å². The van der Waals surface area contributed by atoms with Crippen molar-refractivity contribution >= 4 is 29.0 Å². The first-order valence-corrected chi connectivity index (χ1v) is 6.09. The Morgan fingerprint density at radius 1 is 1.41 bits per heavy atom. The summed E-state index contributed by atoms with van der Waals surface area (Å²) in [6.45, 7) is 0. The SMILES string of the molecule is N#C[C@@H]1C(=O)NC(=S)C(=C=[N-])C12CCCCC2. The monoisotopic (exact) mass is 246 g/mol. The summed E-state index contributed by atoms with van der Waals surface area (Å²) in [4.78, 5) is 12.0. The molecule has 1 saturated carbocycles. The Morgan fingerprint density at radius 2 is 2.06 bits per heavy atom. The number of piperidine rings is 1. The van der Waals surface area contributed by atoms with Gasteiger partial charge in [-0.15, -0.1) is 0 Å². The highest BCUT2D eigenvalue weighted by atomic mass is 32.1. The van der Waals surface area contributed by atoms with Gasteiger partial charge < -0.3 is 10.7 Å². The Bertz CT molecular complexity index is 465. The van der Waals surface area contributed by atoms with E-state index in [1.807, 2.05) is 0 Å². The minimum absolute atomic E-state index is 0.214. The summed E-state index contributed by atoms with van der Waals surface area (Å²) in [5, 5.41) is 20.9. The summed E-state index contributed by atoms with van der Waals surface area (Å²) >= 11 is 5.06. The van der Waals surface area contributed by atoms with E-state index in [-0.39, 0.29) is 10.9 Å². The Labute approximate surface area is 105 Å². The fourth-order valence-corrected chi connectivity index (χ4v) is 3.28. The highest BCUT2D eigenvalue weighted by Crippen LogP contribution is 2.49. The van der Waals surface area contributed by atoms with Crippen LogP contribution in [0, 0.1) is 22.7 Å². The van der Waals surface area contributed by atoms with Crippen LogP contribution in [-0.4, -0.2) is 16.8 Å². The number of hydrogen-bond donors (Lipinski definition) is 1. The lowest BCUT2D eigenvalue weighted by Crippen LogP contribution is -2.53. The van der Waals surface area contributed by atoms with Crippen molar-refractivity contribution < 1.29 is 4.79 Å². The zero-order chi connectivity index (χ0) is 12.5. The van der Waals surface area contributed by atoms with E-state index in [0.29, 0.717) is 18.4 Å². The Morgan fingerprint density at radius 3 is 2.59 bits per heavy atom. The number of thiocarbonyl (C=S) groups is 1. The topological polar surface area (TPSA) is 75.2 Å². The summed E-state index contributed by atoms with van der Waals surface area (Å²) in [5.74, 6) is 0.986. The van der Waals surface area contributed by atoms with Crippen LogP contribution >= 0.6 is 12.2 Å².